The molecule has 26 heavy (non-hydrogen) atoms. The number of carbonyl (C=O) groups excluding carboxylic acids is 1. The maximum atomic E-state index is 12.7. The lowest BCUT2D eigenvalue weighted by molar-refractivity contribution is -0.117. The summed E-state index contributed by atoms with van der Waals surface area (Å²) in [6, 6.07) is 13.8. The number of nitrogens with one attached hydrogen (secondary N) is 2. The van der Waals surface area contributed by atoms with E-state index in [1.807, 2.05) is 19.1 Å². The van der Waals surface area contributed by atoms with Gasteiger partial charge in [0.05, 0.1) is 16.9 Å². The number of H-pyrrole nitrogens is 1. The molecule has 1 amide bonds. The van der Waals surface area contributed by atoms with Gasteiger partial charge >= 0.3 is 5.69 Å². The maximum absolute atomic E-state index is 12.7. The molecule has 1 aliphatic carbocycles. The van der Waals surface area contributed by atoms with Crippen LogP contribution >= 0.6 is 0 Å². The van der Waals surface area contributed by atoms with Crippen LogP contribution in [0.5, 0.6) is 0 Å². The second kappa shape index (κ2) is 6.29. The number of rotatable bonds is 4. The molecule has 6 heteroatoms. The first-order chi connectivity index (χ1) is 12.5. The second-order valence-corrected chi connectivity index (χ2v) is 6.71. The molecule has 2 N–H and O–H groups in total. The molecule has 1 heterocycles. The average Bonchev–Trinajstić information content (AvgIpc) is 3.47. The van der Waals surface area contributed by atoms with Gasteiger partial charge in [-0.1, -0.05) is 24.3 Å². The number of aromatic amines is 1. The lowest BCUT2D eigenvalue weighted by atomic mass is 10.1. The lowest BCUT2D eigenvalue weighted by Gasteiger charge is -2.16. The molecule has 132 valence electrons. The zero-order valence-corrected chi connectivity index (χ0v) is 14.4. The molecule has 0 spiro atoms. The predicted molar refractivity (Wildman–Crippen MR) is 100 cm³/mol. The van der Waals surface area contributed by atoms with Gasteiger partial charge in [0.15, 0.2) is 0 Å². The largest absolute Gasteiger partial charge is 0.329 e. The molecule has 4 rings (SSSR count). The van der Waals surface area contributed by atoms with Crippen LogP contribution in [0.3, 0.4) is 0 Å². The van der Waals surface area contributed by atoms with Crippen molar-refractivity contribution >= 4 is 22.5 Å². The molecule has 0 aliphatic heterocycles. The van der Waals surface area contributed by atoms with Crippen LogP contribution in [0.2, 0.25) is 0 Å². The molecule has 1 unspecified atom stereocenters. The van der Waals surface area contributed by atoms with Gasteiger partial charge in [-0.05, 0) is 49.6 Å². The summed E-state index contributed by atoms with van der Waals surface area (Å²) in [5.74, 6) is 0.191. The fraction of sp³-hybridized carbons (Fsp3) is 0.250. The van der Waals surface area contributed by atoms with Crippen LogP contribution in [0.25, 0.3) is 10.9 Å². The van der Waals surface area contributed by atoms with Gasteiger partial charge in [-0.3, -0.25) is 14.2 Å². The number of para-hydroxylation sites is 1. The second-order valence-electron chi connectivity index (χ2n) is 6.71. The highest BCUT2D eigenvalue weighted by molar-refractivity contribution is 5.94. The molecular formula is C20H19N3O3. The molecule has 6 nitrogen and oxygen atoms in total. The number of fused-ring (bicyclic) bond motifs is 1. The van der Waals surface area contributed by atoms with Crippen LogP contribution in [-0.2, 0) is 4.79 Å². The summed E-state index contributed by atoms with van der Waals surface area (Å²) in [6.07, 6.45) is 1.91. The highest BCUT2D eigenvalue weighted by Gasteiger charge is 2.29. The lowest BCUT2D eigenvalue weighted by Crippen LogP contribution is -2.37. The molecular weight excluding hydrogens is 330 g/mol. The minimum absolute atomic E-state index is 0.0491. The van der Waals surface area contributed by atoms with Crippen LogP contribution in [-0.4, -0.2) is 15.5 Å². The summed E-state index contributed by atoms with van der Waals surface area (Å²) in [6.45, 7) is 1.81. The van der Waals surface area contributed by atoms with Gasteiger partial charge in [-0.25, -0.2) is 4.79 Å². The van der Waals surface area contributed by atoms with Crippen molar-refractivity contribution in [3.63, 3.8) is 0 Å². The number of amides is 1. The number of aromatic nitrogens is 2. The van der Waals surface area contributed by atoms with Crippen molar-refractivity contribution in [1.82, 2.24) is 9.55 Å². The van der Waals surface area contributed by atoms with E-state index in [1.54, 1.807) is 36.4 Å². The predicted octanol–water partition coefficient (Wildman–Crippen LogP) is 2.65. The first-order valence-electron chi connectivity index (χ1n) is 8.69. The van der Waals surface area contributed by atoms with Gasteiger partial charge in [0.2, 0.25) is 5.91 Å². The Morgan fingerprint density at radius 1 is 1.12 bits per heavy atom. The topological polar surface area (TPSA) is 84.0 Å². The van der Waals surface area contributed by atoms with Gasteiger partial charge in [0, 0.05) is 11.6 Å². The van der Waals surface area contributed by atoms with Crippen LogP contribution in [0.1, 0.15) is 31.4 Å². The Morgan fingerprint density at radius 3 is 2.50 bits per heavy atom. The zero-order valence-electron chi connectivity index (χ0n) is 14.4. The molecule has 1 fully saturated rings. The fourth-order valence-electron chi connectivity index (χ4n) is 3.11. The van der Waals surface area contributed by atoms with E-state index in [2.05, 4.69) is 10.3 Å². The van der Waals surface area contributed by atoms with Gasteiger partial charge < -0.3 is 10.3 Å². The minimum Gasteiger partial charge on any atom is -0.326 e. The Hall–Kier alpha value is -3.15. The van der Waals surface area contributed by atoms with Crippen molar-refractivity contribution in [3.05, 3.63) is 74.9 Å². The number of carbonyl (C=O) groups is 1. The molecule has 1 saturated carbocycles. The van der Waals surface area contributed by atoms with Crippen molar-refractivity contribution < 1.29 is 4.79 Å². The van der Waals surface area contributed by atoms with Crippen molar-refractivity contribution in [1.29, 1.82) is 0 Å². The summed E-state index contributed by atoms with van der Waals surface area (Å²) in [4.78, 5) is 39.7. The van der Waals surface area contributed by atoms with E-state index >= 15 is 0 Å². The van der Waals surface area contributed by atoms with E-state index in [0.717, 1.165) is 24.1 Å². The van der Waals surface area contributed by atoms with E-state index in [-0.39, 0.29) is 17.4 Å². The zero-order chi connectivity index (χ0) is 18.3. The van der Waals surface area contributed by atoms with Crippen LogP contribution in [0, 0.1) is 5.92 Å². The van der Waals surface area contributed by atoms with Crippen molar-refractivity contribution in [2.24, 2.45) is 5.92 Å². The van der Waals surface area contributed by atoms with Gasteiger partial charge in [-0.15, -0.1) is 0 Å². The summed E-state index contributed by atoms with van der Waals surface area (Å²) in [7, 11) is 0. The molecule has 0 radical (unpaired) electrons. The monoisotopic (exact) mass is 349 g/mol. The Bertz CT molecular complexity index is 1090. The van der Waals surface area contributed by atoms with Crippen molar-refractivity contribution in [2.75, 3.05) is 5.32 Å². The smallest absolute Gasteiger partial charge is 0.326 e. The quantitative estimate of drug-likeness (QED) is 0.759. The Morgan fingerprint density at radius 2 is 1.81 bits per heavy atom. The number of anilines is 1. The first kappa shape index (κ1) is 16.3. The SMILES string of the molecule is CC(c1ccc(NC(=O)C2CC2)cc1)n1c(=O)[nH]c2ccccc2c1=O. The first-order valence-corrected chi connectivity index (χ1v) is 8.69. The number of hydrogen-bond donors (Lipinski definition) is 2. The van der Waals surface area contributed by atoms with Gasteiger partial charge in [-0.2, -0.15) is 0 Å². The molecule has 3 aromatic rings. The van der Waals surface area contributed by atoms with Crippen LogP contribution in [0.15, 0.2) is 58.1 Å². The van der Waals surface area contributed by atoms with Crippen molar-refractivity contribution in [2.45, 2.75) is 25.8 Å². The summed E-state index contributed by atoms with van der Waals surface area (Å²) in [5, 5.41) is 3.36. The third-order valence-corrected chi connectivity index (χ3v) is 4.83. The Labute approximate surface area is 149 Å². The Kier molecular flexibility index (Phi) is 3.95. The third-order valence-electron chi connectivity index (χ3n) is 4.83. The number of hydrogen-bond acceptors (Lipinski definition) is 3. The summed E-state index contributed by atoms with van der Waals surface area (Å²) in [5.41, 5.74) is 1.31. The highest BCUT2D eigenvalue weighted by Crippen LogP contribution is 2.30. The van der Waals surface area contributed by atoms with E-state index < -0.39 is 11.7 Å². The molecule has 2 aromatic carbocycles. The normalized spacial score (nSPS) is 15.0. The summed E-state index contributed by atoms with van der Waals surface area (Å²) >= 11 is 0. The molecule has 0 saturated heterocycles. The maximum Gasteiger partial charge on any atom is 0.329 e. The van der Waals surface area contributed by atoms with Gasteiger partial charge in [0.25, 0.3) is 5.56 Å². The fourth-order valence-corrected chi connectivity index (χ4v) is 3.11. The average molecular weight is 349 g/mol. The standard InChI is InChI=1S/C20H19N3O3/c1-12(13-8-10-15(11-9-13)21-18(24)14-6-7-14)23-19(25)16-4-2-3-5-17(16)22-20(23)26/h2-5,8-12,14H,6-7H2,1H3,(H,21,24)(H,22,26). The van der Waals surface area contributed by atoms with E-state index in [0.29, 0.717) is 10.9 Å². The van der Waals surface area contributed by atoms with Crippen molar-refractivity contribution in [3.8, 4) is 0 Å². The Balaban J connectivity index is 1.66. The van der Waals surface area contributed by atoms with Crippen LogP contribution < -0.4 is 16.6 Å². The number of nitrogens with zero attached hydrogens (tertiary/aromatic N) is 1. The molecule has 1 atom stereocenters. The third kappa shape index (κ3) is 2.94. The molecule has 1 aliphatic rings. The van der Waals surface area contributed by atoms with E-state index in [1.165, 1.54) is 4.57 Å². The van der Waals surface area contributed by atoms with E-state index in [9.17, 15) is 14.4 Å². The summed E-state index contributed by atoms with van der Waals surface area (Å²) < 4.78 is 1.22. The number of benzene rings is 2. The minimum atomic E-state index is -0.438. The van der Waals surface area contributed by atoms with E-state index in [4.69, 9.17) is 0 Å². The molecule has 0 bridgehead atoms. The van der Waals surface area contributed by atoms with Gasteiger partial charge in [0.1, 0.15) is 0 Å². The molecule has 1 aromatic heterocycles. The van der Waals surface area contributed by atoms with Crippen LogP contribution in [0.4, 0.5) is 5.69 Å². The highest BCUT2D eigenvalue weighted by atomic mass is 16.2.